The van der Waals surface area contributed by atoms with Crippen molar-refractivity contribution < 1.29 is 4.39 Å². The fourth-order valence-corrected chi connectivity index (χ4v) is 2.04. The zero-order valence-corrected chi connectivity index (χ0v) is 10.7. The lowest BCUT2D eigenvalue weighted by atomic mass is 10.2. The number of nitrogen functional groups attached to an aromatic ring is 1. The van der Waals surface area contributed by atoms with Crippen LogP contribution in [0.25, 0.3) is 10.9 Å². The quantitative estimate of drug-likeness (QED) is 0.717. The van der Waals surface area contributed by atoms with E-state index in [4.69, 9.17) is 5.73 Å². The summed E-state index contributed by atoms with van der Waals surface area (Å²) in [5.74, 6) is 0.406. The number of nitrogens with two attached hydrogens (primary N) is 1. The topological polar surface area (TPSA) is 63.8 Å². The van der Waals surface area contributed by atoms with Crippen molar-refractivity contribution in [1.29, 1.82) is 0 Å². The van der Waals surface area contributed by atoms with Crippen molar-refractivity contribution in [2.75, 3.05) is 11.1 Å². The number of benzene rings is 2. The molecule has 1 aromatic heterocycles. The van der Waals surface area contributed by atoms with Crippen molar-refractivity contribution in [2.45, 2.75) is 6.54 Å². The molecule has 0 unspecified atom stereocenters. The van der Waals surface area contributed by atoms with Gasteiger partial charge in [-0.05, 0) is 24.3 Å². The van der Waals surface area contributed by atoms with Crippen LogP contribution in [0, 0.1) is 5.82 Å². The highest BCUT2D eigenvalue weighted by atomic mass is 19.1. The van der Waals surface area contributed by atoms with Gasteiger partial charge < -0.3 is 11.1 Å². The third-order valence-corrected chi connectivity index (χ3v) is 3.06. The molecule has 0 atom stereocenters. The Labute approximate surface area is 115 Å². The summed E-state index contributed by atoms with van der Waals surface area (Å²) in [5.41, 5.74) is 7.80. The number of hydrogen-bond donors (Lipinski definition) is 2. The third kappa shape index (κ3) is 2.38. The van der Waals surface area contributed by atoms with E-state index in [-0.39, 0.29) is 5.82 Å². The molecule has 0 aliphatic rings. The summed E-state index contributed by atoms with van der Waals surface area (Å²) >= 11 is 0. The highest BCUT2D eigenvalue weighted by Gasteiger charge is 2.05. The Balaban J connectivity index is 1.91. The Kier molecular flexibility index (Phi) is 3.16. The lowest BCUT2D eigenvalue weighted by Crippen LogP contribution is -2.04. The number of anilines is 2. The van der Waals surface area contributed by atoms with E-state index in [1.807, 2.05) is 6.07 Å². The van der Waals surface area contributed by atoms with E-state index in [9.17, 15) is 4.39 Å². The molecule has 3 aromatic rings. The van der Waals surface area contributed by atoms with Gasteiger partial charge in [0.15, 0.2) is 0 Å². The molecule has 0 bridgehead atoms. The summed E-state index contributed by atoms with van der Waals surface area (Å²) in [6.07, 6.45) is 1.47. The standard InChI is InChI=1S/C15H13FN4/c16-13-4-2-1-3-10(13)8-18-15-12-7-11(17)5-6-14(12)19-9-20-15/h1-7,9H,8,17H2,(H,18,19,20). The SMILES string of the molecule is Nc1ccc2ncnc(NCc3ccccc3F)c2c1. The van der Waals surface area contributed by atoms with Gasteiger partial charge in [-0.1, -0.05) is 18.2 Å². The normalized spacial score (nSPS) is 10.7. The third-order valence-electron chi connectivity index (χ3n) is 3.06. The van der Waals surface area contributed by atoms with Crippen molar-refractivity contribution in [1.82, 2.24) is 9.97 Å². The van der Waals surface area contributed by atoms with Crippen LogP contribution >= 0.6 is 0 Å². The molecule has 2 aromatic carbocycles. The maximum atomic E-state index is 13.6. The lowest BCUT2D eigenvalue weighted by molar-refractivity contribution is 0.613. The molecule has 0 fully saturated rings. The molecule has 5 heteroatoms. The van der Waals surface area contributed by atoms with Gasteiger partial charge in [-0.3, -0.25) is 0 Å². The zero-order valence-electron chi connectivity index (χ0n) is 10.7. The Morgan fingerprint density at radius 3 is 2.80 bits per heavy atom. The smallest absolute Gasteiger partial charge is 0.137 e. The number of aromatic nitrogens is 2. The van der Waals surface area contributed by atoms with Crippen LogP contribution < -0.4 is 11.1 Å². The molecule has 0 aliphatic heterocycles. The van der Waals surface area contributed by atoms with Crippen molar-refractivity contribution in [3.8, 4) is 0 Å². The van der Waals surface area contributed by atoms with E-state index >= 15 is 0 Å². The first-order valence-electron chi connectivity index (χ1n) is 6.21. The molecule has 4 nitrogen and oxygen atoms in total. The summed E-state index contributed by atoms with van der Waals surface area (Å²) in [4.78, 5) is 8.37. The highest BCUT2D eigenvalue weighted by molar-refractivity contribution is 5.91. The molecule has 100 valence electrons. The highest BCUT2D eigenvalue weighted by Crippen LogP contribution is 2.22. The zero-order chi connectivity index (χ0) is 13.9. The number of nitrogens with one attached hydrogen (secondary N) is 1. The maximum absolute atomic E-state index is 13.6. The average molecular weight is 268 g/mol. The first kappa shape index (κ1) is 12.3. The molecule has 3 N–H and O–H groups in total. The fraction of sp³-hybridized carbons (Fsp3) is 0.0667. The summed E-state index contributed by atoms with van der Waals surface area (Å²) in [6, 6.07) is 12.1. The summed E-state index contributed by atoms with van der Waals surface area (Å²) in [5, 5.41) is 3.95. The van der Waals surface area contributed by atoms with Crippen molar-refractivity contribution in [3.05, 3.63) is 60.2 Å². The minimum absolute atomic E-state index is 0.238. The molecular weight excluding hydrogens is 255 g/mol. The van der Waals surface area contributed by atoms with Gasteiger partial charge in [0.05, 0.1) is 5.52 Å². The Bertz CT molecular complexity index is 758. The molecule has 1 heterocycles. The molecule has 0 radical (unpaired) electrons. The summed E-state index contributed by atoms with van der Waals surface area (Å²) in [7, 11) is 0. The minimum Gasteiger partial charge on any atom is -0.399 e. The van der Waals surface area contributed by atoms with Gasteiger partial charge in [-0.25, -0.2) is 14.4 Å². The van der Waals surface area contributed by atoms with E-state index < -0.39 is 0 Å². The second-order valence-corrected chi connectivity index (χ2v) is 4.44. The number of hydrogen-bond acceptors (Lipinski definition) is 4. The van der Waals surface area contributed by atoms with Gasteiger partial charge in [0.1, 0.15) is 18.0 Å². The fourth-order valence-electron chi connectivity index (χ4n) is 2.04. The van der Waals surface area contributed by atoms with E-state index in [2.05, 4.69) is 15.3 Å². The molecule has 20 heavy (non-hydrogen) atoms. The van der Waals surface area contributed by atoms with Crippen LogP contribution in [0.4, 0.5) is 15.9 Å². The predicted octanol–water partition coefficient (Wildman–Crippen LogP) is 2.96. The van der Waals surface area contributed by atoms with Gasteiger partial charge in [-0.15, -0.1) is 0 Å². The molecular formula is C15H13FN4. The minimum atomic E-state index is -0.238. The molecule has 0 saturated heterocycles. The van der Waals surface area contributed by atoms with Crippen LogP contribution in [-0.4, -0.2) is 9.97 Å². The number of rotatable bonds is 3. The summed E-state index contributed by atoms with van der Waals surface area (Å²) in [6.45, 7) is 0.355. The largest absolute Gasteiger partial charge is 0.399 e. The van der Waals surface area contributed by atoms with Gasteiger partial charge >= 0.3 is 0 Å². The van der Waals surface area contributed by atoms with Crippen molar-refractivity contribution in [3.63, 3.8) is 0 Å². The van der Waals surface area contributed by atoms with Gasteiger partial charge in [-0.2, -0.15) is 0 Å². The van der Waals surface area contributed by atoms with E-state index in [1.54, 1.807) is 30.3 Å². The molecule has 0 spiro atoms. The molecule has 3 rings (SSSR count). The predicted molar refractivity (Wildman–Crippen MR) is 77.7 cm³/mol. The molecule has 0 saturated carbocycles. The monoisotopic (exact) mass is 268 g/mol. The van der Waals surface area contributed by atoms with Gasteiger partial charge in [0.2, 0.25) is 0 Å². The average Bonchev–Trinajstić information content (AvgIpc) is 2.46. The van der Waals surface area contributed by atoms with Crippen molar-refractivity contribution >= 4 is 22.4 Å². The number of fused-ring (bicyclic) bond motifs is 1. The van der Waals surface area contributed by atoms with E-state index in [0.717, 1.165) is 10.9 Å². The van der Waals surface area contributed by atoms with Crippen molar-refractivity contribution in [2.24, 2.45) is 0 Å². The Morgan fingerprint density at radius 2 is 1.95 bits per heavy atom. The van der Waals surface area contributed by atoms with E-state index in [0.29, 0.717) is 23.6 Å². The Morgan fingerprint density at radius 1 is 1.10 bits per heavy atom. The van der Waals surface area contributed by atoms with Crippen LogP contribution in [0.1, 0.15) is 5.56 Å². The Hall–Kier alpha value is -2.69. The first-order valence-corrected chi connectivity index (χ1v) is 6.21. The molecule has 0 amide bonds. The van der Waals surface area contributed by atoms with Crippen LogP contribution in [-0.2, 0) is 6.54 Å². The molecule has 0 aliphatic carbocycles. The van der Waals surface area contributed by atoms with Crippen LogP contribution in [0.2, 0.25) is 0 Å². The second-order valence-electron chi connectivity index (χ2n) is 4.44. The van der Waals surface area contributed by atoms with Crippen LogP contribution in [0.15, 0.2) is 48.8 Å². The van der Waals surface area contributed by atoms with Gasteiger partial charge in [0.25, 0.3) is 0 Å². The van der Waals surface area contributed by atoms with Crippen LogP contribution in [0.3, 0.4) is 0 Å². The number of halogens is 1. The van der Waals surface area contributed by atoms with Gasteiger partial charge in [0, 0.05) is 23.2 Å². The maximum Gasteiger partial charge on any atom is 0.137 e. The summed E-state index contributed by atoms with van der Waals surface area (Å²) < 4.78 is 13.6. The van der Waals surface area contributed by atoms with E-state index in [1.165, 1.54) is 12.4 Å². The van der Waals surface area contributed by atoms with Crippen LogP contribution in [0.5, 0.6) is 0 Å². The first-order chi connectivity index (χ1) is 9.74. The number of nitrogens with zero attached hydrogens (tertiary/aromatic N) is 2. The second kappa shape index (κ2) is 5.13. The lowest BCUT2D eigenvalue weighted by Gasteiger charge is -2.09.